The summed E-state index contributed by atoms with van der Waals surface area (Å²) in [5.41, 5.74) is 0.448. The van der Waals surface area contributed by atoms with Crippen LogP contribution in [0.5, 0.6) is 0 Å². The first kappa shape index (κ1) is 14.7. The molecule has 0 saturated carbocycles. The highest BCUT2D eigenvalue weighted by Gasteiger charge is 2.43. The van der Waals surface area contributed by atoms with E-state index in [9.17, 15) is 13.5 Å². The second-order valence-corrected chi connectivity index (χ2v) is 11.6. The lowest BCUT2D eigenvalue weighted by molar-refractivity contribution is 0.191. The molecule has 0 heterocycles. The summed E-state index contributed by atoms with van der Waals surface area (Å²) in [6.45, 7) is 0. The summed E-state index contributed by atoms with van der Waals surface area (Å²) in [5.74, 6) is 0. The van der Waals surface area contributed by atoms with E-state index in [1.165, 1.54) is 6.07 Å². The van der Waals surface area contributed by atoms with Crippen LogP contribution in [0.15, 0.2) is 24.3 Å². The second-order valence-electron chi connectivity index (χ2n) is 3.29. The predicted molar refractivity (Wildman–Crippen MR) is 76.9 cm³/mol. The quantitative estimate of drug-likeness (QED) is 0.582. The topological polar surface area (TPSA) is 54.4 Å². The van der Waals surface area contributed by atoms with Gasteiger partial charge in [-0.05, 0) is 40.3 Å². The molecule has 0 aromatic heterocycles. The van der Waals surface area contributed by atoms with Gasteiger partial charge in [0.15, 0.2) is 9.84 Å². The normalized spacial score (nSPS) is 17.8. The van der Waals surface area contributed by atoms with E-state index in [2.05, 4.69) is 15.9 Å². The van der Waals surface area contributed by atoms with Crippen molar-refractivity contribution in [1.29, 1.82) is 0 Å². The Morgan fingerprint density at radius 3 is 2.56 bits per heavy atom. The Hall–Kier alpha value is 0.630. The molecule has 0 aliphatic heterocycles. The highest BCUT2D eigenvalue weighted by atomic mass is 127. The van der Waals surface area contributed by atoms with E-state index in [0.29, 0.717) is 10.6 Å². The molecule has 7 heteroatoms. The number of hydrogen-bond acceptors (Lipinski definition) is 3. The first-order valence-electron chi connectivity index (χ1n) is 4.17. The summed E-state index contributed by atoms with van der Waals surface area (Å²) in [5, 5.41) is 10.5. The molecule has 1 rings (SSSR count). The summed E-state index contributed by atoms with van der Waals surface area (Å²) in [6, 6.07) is 6.46. The van der Waals surface area contributed by atoms with Gasteiger partial charge in [-0.15, -0.1) is 0 Å². The SMILES string of the molecule is CS(=O)(=O)[C@](Br)(I)[C@H](O)c1cccc(Cl)c1. The molecule has 0 fully saturated rings. The third kappa shape index (κ3) is 3.10. The van der Waals surface area contributed by atoms with Crippen molar-refractivity contribution in [3.8, 4) is 0 Å². The van der Waals surface area contributed by atoms with Gasteiger partial charge in [-0.2, -0.15) is 0 Å². The molecule has 0 saturated heterocycles. The fourth-order valence-corrected chi connectivity index (χ4v) is 2.44. The summed E-state index contributed by atoms with van der Waals surface area (Å²) < 4.78 is 21.6. The van der Waals surface area contributed by atoms with E-state index in [1.807, 2.05) is 0 Å². The van der Waals surface area contributed by atoms with Crippen LogP contribution in [0.1, 0.15) is 11.7 Å². The lowest BCUT2D eigenvalue weighted by Gasteiger charge is -2.25. The van der Waals surface area contributed by atoms with Crippen molar-refractivity contribution in [2.24, 2.45) is 0 Å². The molecule has 3 nitrogen and oxygen atoms in total. The Kier molecular flexibility index (Phi) is 4.68. The van der Waals surface area contributed by atoms with Crippen molar-refractivity contribution in [1.82, 2.24) is 0 Å². The molecule has 0 aliphatic carbocycles. The van der Waals surface area contributed by atoms with Crippen LogP contribution in [0.2, 0.25) is 5.02 Å². The van der Waals surface area contributed by atoms with Gasteiger partial charge in [0, 0.05) is 11.3 Å². The summed E-state index contributed by atoms with van der Waals surface area (Å²) >= 11 is 10.5. The minimum Gasteiger partial charge on any atom is -0.385 e. The van der Waals surface area contributed by atoms with Crippen molar-refractivity contribution < 1.29 is 13.5 Å². The lowest BCUT2D eigenvalue weighted by Crippen LogP contribution is -2.31. The van der Waals surface area contributed by atoms with Crippen LogP contribution in [-0.4, -0.2) is 21.4 Å². The summed E-state index contributed by atoms with van der Waals surface area (Å²) in [6.07, 6.45) is -0.135. The van der Waals surface area contributed by atoms with Gasteiger partial charge in [0.25, 0.3) is 0 Å². The molecule has 2 atom stereocenters. The number of benzene rings is 1. The first-order chi connectivity index (χ1) is 7.16. The third-order valence-electron chi connectivity index (χ3n) is 1.98. The number of rotatable bonds is 3. The van der Waals surface area contributed by atoms with Gasteiger partial charge >= 0.3 is 0 Å². The predicted octanol–water partition coefficient (Wildman–Crippen LogP) is 2.90. The van der Waals surface area contributed by atoms with Crippen LogP contribution < -0.4 is 0 Å². The maximum absolute atomic E-state index is 11.5. The van der Waals surface area contributed by atoms with E-state index in [4.69, 9.17) is 11.6 Å². The zero-order valence-electron chi connectivity index (χ0n) is 8.19. The molecule has 0 amide bonds. The van der Waals surface area contributed by atoms with Crippen LogP contribution in [0.3, 0.4) is 0 Å². The molecule has 0 aliphatic rings. The Labute approximate surface area is 121 Å². The van der Waals surface area contributed by atoms with Crippen molar-refractivity contribution in [3.63, 3.8) is 0 Å². The highest BCUT2D eigenvalue weighted by molar-refractivity contribution is 14.1. The van der Waals surface area contributed by atoms with Gasteiger partial charge in [-0.25, -0.2) is 8.42 Å². The zero-order chi connectivity index (χ0) is 12.6. The highest BCUT2D eigenvalue weighted by Crippen LogP contribution is 2.44. The van der Waals surface area contributed by atoms with Crippen LogP contribution >= 0.6 is 50.1 Å². The molecular formula is C9H9BrClIO3S. The van der Waals surface area contributed by atoms with Crippen LogP contribution in [0.4, 0.5) is 0 Å². The van der Waals surface area contributed by atoms with Gasteiger partial charge in [0.05, 0.1) is 0 Å². The molecule has 0 radical (unpaired) electrons. The number of aliphatic hydroxyl groups is 1. The number of alkyl halides is 2. The van der Waals surface area contributed by atoms with Gasteiger partial charge in [0.1, 0.15) is 6.10 Å². The van der Waals surface area contributed by atoms with Gasteiger partial charge in [-0.1, -0.05) is 39.7 Å². The number of hydrogen-bond donors (Lipinski definition) is 1. The smallest absolute Gasteiger partial charge is 0.206 e. The fourth-order valence-electron chi connectivity index (χ4n) is 1.07. The lowest BCUT2D eigenvalue weighted by atomic mass is 10.1. The maximum atomic E-state index is 11.5. The van der Waals surface area contributed by atoms with Gasteiger partial charge < -0.3 is 5.11 Å². The average molecular weight is 439 g/mol. The van der Waals surface area contributed by atoms with Crippen molar-refractivity contribution in [2.75, 3.05) is 6.26 Å². The molecule has 0 unspecified atom stereocenters. The molecule has 1 aromatic rings. The van der Waals surface area contributed by atoms with E-state index >= 15 is 0 Å². The Morgan fingerprint density at radius 2 is 2.12 bits per heavy atom. The van der Waals surface area contributed by atoms with Crippen molar-refractivity contribution >= 4 is 60.0 Å². The largest absolute Gasteiger partial charge is 0.385 e. The van der Waals surface area contributed by atoms with Gasteiger partial charge in [-0.3, -0.25) is 0 Å². The van der Waals surface area contributed by atoms with Crippen molar-refractivity contribution in [3.05, 3.63) is 34.9 Å². The molecule has 1 N–H and O–H groups in total. The summed E-state index contributed by atoms with van der Waals surface area (Å²) in [7, 11) is -3.45. The molecular weight excluding hydrogens is 430 g/mol. The zero-order valence-corrected chi connectivity index (χ0v) is 13.5. The second kappa shape index (κ2) is 5.09. The van der Waals surface area contributed by atoms with Crippen LogP contribution in [-0.2, 0) is 9.84 Å². The van der Waals surface area contributed by atoms with Crippen LogP contribution in [0.25, 0.3) is 0 Å². The Balaban J connectivity index is 3.17. The number of halogens is 3. The molecule has 0 spiro atoms. The summed E-state index contributed by atoms with van der Waals surface area (Å²) in [4.78, 5) is 0. The minimum absolute atomic E-state index is 0.448. The fraction of sp³-hybridized carbons (Fsp3) is 0.333. The van der Waals surface area contributed by atoms with Gasteiger partial charge in [0.2, 0.25) is 1.66 Å². The van der Waals surface area contributed by atoms with E-state index in [-0.39, 0.29) is 0 Å². The molecule has 0 bridgehead atoms. The number of sulfone groups is 1. The standard InChI is InChI=1S/C9H9BrClIO3S/c1-16(14,15)9(10,12)8(13)6-3-2-4-7(11)5-6/h2-5,8,13H,1H3/t8-,9-/m1/s1. The average Bonchev–Trinajstić information content (AvgIpc) is 2.14. The number of aliphatic hydroxyl groups excluding tert-OH is 1. The molecule has 16 heavy (non-hydrogen) atoms. The van der Waals surface area contributed by atoms with E-state index < -0.39 is 17.6 Å². The molecule has 90 valence electrons. The Morgan fingerprint density at radius 1 is 1.56 bits per heavy atom. The van der Waals surface area contributed by atoms with E-state index in [0.717, 1.165) is 6.26 Å². The minimum atomic E-state index is -3.45. The molecule has 1 aromatic carbocycles. The van der Waals surface area contributed by atoms with Crippen LogP contribution in [0, 0.1) is 0 Å². The van der Waals surface area contributed by atoms with E-state index in [1.54, 1.807) is 40.8 Å². The van der Waals surface area contributed by atoms with Crippen molar-refractivity contribution in [2.45, 2.75) is 7.77 Å². The third-order valence-corrected chi connectivity index (χ3v) is 8.61. The maximum Gasteiger partial charge on any atom is 0.206 e. The first-order valence-corrected chi connectivity index (χ1v) is 8.31. The Bertz CT molecular complexity index is 489. The monoisotopic (exact) mass is 438 g/mol.